The minimum Gasteiger partial charge on any atom is -0.376 e. The molecule has 3 aromatic carbocycles. The van der Waals surface area contributed by atoms with Crippen molar-refractivity contribution < 1.29 is 9.59 Å². The van der Waals surface area contributed by atoms with Gasteiger partial charge in [0.05, 0.1) is 6.54 Å². The molecule has 2 amide bonds. The zero-order chi connectivity index (χ0) is 18.4. The topological polar surface area (TPSA) is 70.2 Å². The van der Waals surface area contributed by atoms with Gasteiger partial charge in [0.15, 0.2) is 0 Å². The summed E-state index contributed by atoms with van der Waals surface area (Å²) in [5.41, 5.74) is 2.15. The van der Waals surface area contributed by atoms with Crippen LogP contribution in [0.1, 0.15) is 17.3 Å². The van der Waals surface area contributed by atoms with E-state index < -0.39 is 0 Å². The zero-order valence-corrected chi connectivity index (χ0v) is 14.6. The van der Waals surface area contributed by atoms with E-state index in [1.54, 1.807) is 24.3 Å². The van der Waals surface area contributed by atoms with Crippen molar-refractivity contribution in [1.29, 1.82) is 0 Å². The molecule has 0 saturated heterocycles. The molecule has 0 atom stereocenters. The smallest absolute Gasteiger partial charge is 0.251 e. The third kappa shape index (κ3) is 4.39. The lowest BCUT2D eigenvalue weighted by Crippen LogP contribution is -2.23. The van der Waals surface area contributed by atoms with Crippen molar-refractivity contribution in [2.24, 2.45) is 0 Å². The molecule has 132 valence electrons. The van der Waals surface area contributed by atoms with Gasteiger partial charge in [-0.05, 0) is 54.1 Å². The van der Waals surface area contributed by atoms with Crippen LogP contribution in [0.25, 0.3) is 10.8 Å². The maximum atomic E-state index is 12.1. The summed E-state index contributed by atoms with van der Waals surface area (Å²) in [5.74, 6) is -0.235. The highest BCUT2D eigenvalue weighted by molar-refractivity contribution is 5.97. The zero-order valence-electron chi connectivity index (χ0n) is 14.6. The van der Waals surface area contributed by atoms with E-state index in [2.05, 4.69) is 16.0 Å². The number of nitrogens with one attached hydrogen (secondary N) is 3. The molecular weight excluding hydrogens is 326 g/mol. The average Bonchev–Trinajstić information content (AvgIpc) is 2.67. The summed E-state index contributed by atoms with van der Waals surface area (Å²) < 4.78 is 0. The van der Waals surface area contributed by atoms with Crippen LogP contribution in [-0.4, -0.2) is 24.9 Å². The number of fused-ring (bicyclic) bond motifs is 1. The summed E-state index contributed by atoms with van der Waals surface area (Å²) in [7, 11) is 0. The molecule has 5 heteroatoms. The number of carbonyl (C=O) groups is 2. The van der Waals surface area contributed by atoms with Crippen molar-refractivity contribution in [3.63, 3.8) is 0 Å². The first-order chi connectivity index (χ1) is 12.7. The lowest BCUT2D eigenvalue weighted by atomic mass is 10.1. The summed E-state index contributed by atoms with van der Waals surface area (Å²) in [6, 6.07) is 20.9. The predicted octanol–water partition coefficient (Wildman–Crippen LogP) is 3.64. The van der Waals surface area contributed by atoms with E-state index in [0.29, 0.717) is 12.1 Å². The maximum Gasteiger partial charge on any atom is 0.251 e. The monoisotopic (exact) mass is 347 g/mol. The fraction of sp³-hybridized carbons (Fsp3) is 0.143. The summed E-state index contributed by atoms with van der Waals surface area (Å²) in [6.45, 7) is 2.61. The van der Waals surface area contributed by atoms with E-state index in [9.17, 15) is 9.59 Å². The number of anilines is 2. The lowest BCUT2D eigenvalue weighted by Gasteiger charge is -2.09. The number of hydrogen-bond acceptors (Lipinski definition) is 3. The highest BCUT2D eigenvalue weighted by Crippen LogP contribution is 2.18. The Kier molecular flexibility index (Phi) is 5.49. The van der Waals surface area contributed by atoms with Gasteiger partial charge in [0.1, 0.15) is 0 Å². The summed E-state index contributed by atoms with van der Waals surface area (Å²) in [4.78, 5) is 23.9. The summed E-state index contributed by atoms with van der Waals surface area (Å²) in [5, 5.41) is 10.9. The largest absolute Gasteiger partial charge is 0.376 e. The Morgan fingerprint density at radius 3 is 2.27 bits per heavy atom. The second-order valence-corrected chi connectivity index (χ2v) is 5.90. The maximum absolute atomic E-state index is 12.1. The van der Waals surface area contributed by atoms with Gasteiger partial charge in [-0.3, -0.25) is 9.59 Å². The molecule has 3 N–H and O–H groups in total. The molecule has 26 heavy (non-hydrogen) atoms. The van der Waals surface area contributed by atoms with Gasteiger partial charge >= 0.3 is 0 Å². The van der Waals surface area contributed by atoms with Gasteiger partial charge in [-0.2, -0.15) is 0 Å². The molecule has 0 aromatic heterocycles. The lowest BCUT2D eigenvalue weighted by molar-refractivity contribution is -0.114. The molecule has 0 unspecified atom stereocenters. The second-order valence-electron chi connectivity index (χ2n) is 5.90. The van der Waals surface area contributed by atoms with Crippen LogP contribution in [0.5, 0.6) is 0 Å². The van der Waals surface area contributed by atoms with Crippen LogP contribution < -0.4 is 16.0 Å². The van der Waals surface area contributed by atoms with E-state index in [1.807, 2.05) is 49.4 Å². The summed E-state index contributed by atoms with van der Waals surface area (Å²) >= 11 is 0. The predicted molar refractivity (Wildman–Crippen MR) is 106 cm³/mol. The van der Waals surface area contributed by atoms with Gasteiger partial charge in [0.2, 0.25) is 5.91 Å². The molecule has 0 heterocycles. The minimum absolute atomic E-state index is 0.104. The number of carbonyl (C=O) groups excluding carboxylic acids is 2. The van der Waals surface area contributed by atoms with E-state index in [0.717, 1.165) is 22.1 Å². The molecule has 3 aromatic rings. The van der Waals surface area contributed by atoms with Gasteiger partial charge in [0.25, 0.3) is 5.91 Å². The van der Waals surface area contributed by atoms with E-state index >= 15 is 0 Å². The summed E-state index contributed by atoms with van der Waals surface area (Å²) in [6.07, 6.45) is 0. The third-order valence-corrected chi connectivity index (χ3v) is 3.97. The number of amides is 2. The first kappa shape index (κ1) is 17.5. The highest BCUT2D eigenvalue weighted by atomic mass is 16.2. The second kappa shape index (κ2) is 8.16. The molecule has 0 bridgehead atoms. The van der Waals surface area contributed by atoms with Crippen LogP contribution in [0.4, 0.5) is 11.4 Å². The van der Waals surface area contributed by atoms with E-state index in [1.165, 1.54) is 0 Å². The normalized spacial score (nSPS) is 10.3. The van der Waals surface area contributed by atoms with Crippen molar-refractivity contribution in [3.8, 4) is 0 Å². The molecule has 0 aliphatic rings. The molecular formula is C21H21N3O2. The van der Waals surface area contributed by atoms with E-state index in [4.69, 9.17) is 0 Å². The quantitative estimate of drug-likeness (QED) is 0.637. The van der Waals surface area contributed by atoms with Gasteiger partial charge in [-0.15, -0.1) is 0 Å². The molecule has 3 rings (SSSR count). The van der Waals surface area contributed by atoms with Crippen LogP contribution in [0.2, 0.25) is 0 Å². The van der Waals surface area contributed by atoms with Crippen molar-refractivity contribution in [1.82, 2.24) is 5.32 Å². The molecule has 0 aliphatic carbocycles. The Hall–Kier alpha value is -3.34. The van der Waals surface area contributed by atoms with Crippen molar-refractivity contribution in [3.05, 3.63) is 72.3 Å². The van der Waals surface area contributed by atoms with Gasteiger partial charge in [-0.25, -0.2) is 0 Å². The standard InChI is InChI=1S/C21H21N3O2/c1-2-22-21(26)16-8-10-18(11-9-16)23-14-20(25)24-19-12-7-15-5-3-4-6-17(15)13-19/h3-13,23H,2,14H2,1H3,(H,22,26)(H,24,25). The number of benzene rings is 3. The minimum atomic E-state index is -0.131. The Bertz CT molecular complexity index is 920. The van der Waals surface area contributed by atoms with Crippen LogP contribution in [-0.2, 0) is 4.79 Å². The average molecular weight is 347 g/mol. The van der Waals surface area contributed by atoms with Gasteiger partial charge < -0.3 is 16.0 Å². The van der Waals surface area contributed by atoms with Crippen molar-refractivity contribution in [2.75, 3.05) is 23.7 Å². The Morgan fingerprint density at radius 2 is 1.54 bits per heavy atom. The Morgan fingerprint density at radius 1 is 0.846 bits per heavy atom. The first-order valence-electron chi connectivity index (χ1n) is 8.56. The molecule has 5 nitrogen and oxygen atoms in total. The van der Waals surface area contributed by atoms with Crippen LogP contribution in [0.15, 0.2) is 66.7 Å². The van der Waals surface area contributed by atoms with Crippen LogP contribution in [0, 0.1) is 0 Å². The molecule has 0 spiro atoms. The molecule has 0 radical (unpaired) electrons. The molecule has 0 aliphatic heterocycles. The van der Waals surface area contributed by atoms with Crippen LogP contribution >= 0.6 is 0 Å². The molecule has 0 saturated carbocycles. The first-order valence-corrected chi connectivity index (χ1v) is 8.56. The Labute approximate surface area is 152 Å². The fourth-order valence-corrected chi connectivity index (χ4v) is 2.66. The van der Waals surface area contributed by atoms with Crippen molar-refractivity contribution in [2.45, 2.75) is 6.92 Å². The SMILES string of the molecule is CCNC(=O)c1ccc(NCC(=O)Nc2ccc3ccccc3c2)cc1. The third-order valence-electron chi connectivity index (χ3n) is 3.97. The number of hydrogen-bond donors (Lipinski definition) is 3. The van der Waals surface area contributed by atoms with E-state index in [-0.39, 0.29) is 18.4 Å². The highest BCUT2D eigenvalue weighted by Gasteiger charge is 2.05. The van der Waals surface area contributed by atoms with Gasteiger partial charge in [-0.1, -0.05) is 30.3 Å². The Balaban J connectivity index is 1.55. The van der Waals surface area contributed by atoms with Crippen molar-refractivity contribution >= 4 is 34.0 Å². The van der Waals surface area contributed by atoms with Crippen LogP contribution in [0.3, 0.4) is 0 Å². The number of rotatable bonds is 6. The van der Waals surface area contributed by atoms with Gasteiger partial charge in [0, 0.05) is 23.5 Å². The fourth-order valence-electron chi connectivity index (χ4n) is 2.66. The molecule has 0 fully saturated rings.